The van der Waals surface area contributed by atoms with E-state index in [9.17, 15) is 9.59 Å². The molecule has 0 saturated carbocycles. The normalized spacial score (nSPS) is 10.6. The Morgan fingerprint density at radius 2 is 2.06 bits per heavy atom. The van der Waals surface area contributed by atoms with Crippen LogP contribution in [0.25, 0.3) is 5.69 Å². The van der Waals surface area contributed by atoms with E-state index >= 15 is 0 Å². The van der Waals surface area contributed by atoms with Gasteiger partial charge >= 0.3 is 5.69 Å². The molecule has 18 heavy (non-hydrogen) atoms. The van der Waals surface area contributed by atoms with Gasteiger partial charge in [-0.1, -0.05) is 30.7 Å². The van der Waals surface area contributed by atoms with Crippen molar-refractivity contribution < 1.29 is 0 Å². The summed E-state index contributed by atoms with van der Waals surface area (Å²) < 4.78 is 1.11. The second-order valence-corrected chi connectivity index (χ2v) is 4.43. The van der Waals surface area contributed by atoms with E-state index in [4.69, 9.17) is 11.6 Å². The predicted molar refractivity (Wildman–Crippen MR) is 71.8 cm³/mol. The molecule has 0 aliphatic rings. The highest BCUT2D eigenvalue weighted by Gasteiger charge is 2.12. The second kappa shape index (κ2) is 4.82. The van der Waals surface area contributed by atoms with E-state index in [0.29, 0.717) is 17.7 Å². The first-order valence-electron chi connectivity index (χ1n) is 5.65. The highest BCUT2D eigenvalue weighted by atomic mass is 35.5. The summed E-state index contributed by atoms with van der Waals surface area (Å²) in [6.07, 6.45) is 0.472. The van der Waals surface area contributed by atoms with Gasteiger partial charge in [0.15, 0.2) is 0 Å². The Bertz CT molecular complexity index is 701. The fourth-order valence-corrected chi connectivity index (χ4v) is 2.15. The van der Waals surface area contributed by atoms with Crippen molar-refractivity contribution in [2.24, 2.45) is 0 Å². The van der Waals surface area contributed by atoms with Crippen LogP contribution in [0.1, 0.15) is 18.1 Å². The van der Waals surface area contributed by atoms with Crippen molar-refractivity contribution in [1.29, 1.82) is 0 Å². The molecule has 2 aromatic rings. The van der Waals surface area contributed by atoms with Gasteiger partial charge in [0.05, 0.1) is 11.3 Å². The van der Waals surface area contributed by atoms with Crippen molar-refractivity contribution >= 4 is 11.6 Å². The van der Waals surface area contributed by atoms with E-state index in [0.717, 1.165) is 10.1 Å². The molecule has 2 rings (SSSR count). The summed E-state index contributed by atoms with van der Waals surface area (Å²) in [5.41, 5.74) is 1.06. The van der Waals surface area contributed by atoms with Gasteiger partial charge in [0, 0.05) is 0 Å². The molecule has 4 nitrogen and oxygen atoms in total. The number of aromatic amines is 1. The summed E-state index contributed by atoms with van der Waals surface area (Å²) in [6.45, 7) is 3.72. The molecule has 1 aromatic heterocycles. The fourth-order valence-electron chi connectivity index (χ4n) is 1.85. The van der Waals surface area contributed by atoms with Crippen LogP contribution in [0.3, 0.4) is 0 Å². The number of nitrogens with zero attached hydrogens (tertiary/aromatic N) is 1. The third-order valence-corrected chi connectivity index (χ3v) is 3.08. The third kappa shape index (κ3) is 2.11. The van der Waals surface area contributed by atoms with E-state index in [1.807, 2.05) is 19.9 Å². The van der Waals surface area contributed by atoms with Crippen LogP contribution in [0.15, 0.2) is 33.9 Å². The molecule has 0 unspecified atom stereocenters. The molecule has 1 heterocycles. The standard InChI is InChI=1S/C13H13ClN2O2/c1-3-10-11(14)15-13(18)16(12(10)17)9-6-4-5-8(2)7-9/h4-7H,3H2,1-2H3,(H,15,18). The van der Waals surface area contributed by atoms with Crippen LogP contribution in [-0.4, -0.2) is 9.55 Å². The number of hydrogen-bond acceptors (Lipinski definition) is 2. The number of aryl methyl sites for hydroxylation is 1. The van der Waals surface area contributed by atoms with E-state index in [1.165, 1.54) is 0 Å². The fraction of sp³-hybridized carbons (Fsp3) is 0.231. The highest BCUT2D eigenvalue weighted by Crippen LogP contribution is 2.10. The zero-order chi connectivity index (χ0) is 13.3. The number of aromatic nitrogens is 2. The maximum Gasteiger partial charge on any atom is 0.334 e. The number of H-pyrrole nitrogens is 1. The molecule has 1 aromatic carbocycles. The molecule has 0 aliphatic heterocycles. The lowest BCUT2D eigenvalue weighted by atomic mass is 10.2. The largest absolute Gasteiger partial charge is 0.334 e. The van der Waals surface area contributed by atoms with Gasteiger partial charge in [-0.25, -0.2) is 9.36 Å². The molecule has 0 spiro atoms. The van der Waals surface area contributed by atoms with Crippen LogP contribution in [0.2, 0.25) is 5.15 Å². The molecule has 5 heteroatoms. The molecule has 0 fully saturated rings. The molecular weight excluding hydrogens is 252 g/mol. The first kappa shape index (κ1) is 12.6. The van der Waals surface area contributed by atoms with Gasteiger partial charge < -0.3 is 0 Å². The van der Waals surface area contributed by atoms with Crippen molar-refractivity contribution in [2.45, 2.75) is 20.3 Å². The number of rotatable bonds is 2. The molecule has 1 N–H and O–H groups in total. The maximum atomic E-state index is 12.2. The molecular formula is C13H13ClN2O2. The number of benzene rings is 1. The predicted octanol–water partition coefficient (Wildman–Crippen LogP) is 2.05. The van der Waals surface area contributed by atoms with Gasteiger partial charge in [0.2, 0.25) is 0 Å². The van der Waals surface area contributed by atoms with E-state index in [2.05, 4.69) is 4.98 Å². The summed E-state index contributed by atoms with van der Waals surface area (Å²) in [7, 11) is 0. The topological polar surface area (TPSA) is 54.9 Å². The Labute approximate surface area is 109 Å². The minimum absolute atomic E-state index is 0.122. The van der Waals surface area contributed by atoms with Crippen molar-refractivity contribution in [1.82, 2.24) is 9.55 Å². The van der Waals surface area contributed by atoms with E-state index < -0.39 is 5.69 Å². The summed E-state index contributed by atoms with van der Waals surface area (Å²) >= 11 is 5.86. The first-order valence-corrected chi connectivity index (χ1v) is 6.03. The van der Waals surface area contributed by atoms with Crippen LogP contribution in [0.5, 0.6) is 0 Å². The monoisotopic (exact) mass is 264 g/mol. The molecule has 0 aliphatic carbocycles. The van der Waals surface area contributed by atoms with Crippen molar-refractivity contribution in [3.63, 3.8) is 0 Å². The van der Waals surface area contributed by atoms with Gasteiger partial charge in [-0.2, -0.15) is 0 Å². The SMILES string of the molecule is CCc1c(Cl)[nH]c(=O)n(-c2cccc(C)c2)c1=O. The summed E-state index contributed by atoms with van der Waals surface area (Å²) in [4.78, 5) is 26.6. The molecule has 0 amide bonds. The summed E-state index contributed by atoms with van der Waals surface area (Å²) in [6, 6.07) is 7.21. The Balaban J connectivity index is 2.80. The summed E-state index contributed by atoms with van der Waals surface area (Å²) in [5.74, 6) is 0. The Morgan fingerprint density at radius 1 is 1.33 bits per heavy atom. The number of halogens is 1. The molecule has 0 saturated heterocycles. The second-order valence-electron chi connectivity index (χ2n) is 4.06. The lowest BCUT2D eigenvalue weighted by molar-refractivity contribution is 0.841. The van der Waals surface area contributed by atoms with Crippen molar-refractivity contribution in [3.05, 3.63) is 61.4 Å². The van der Waals surface area contributed by atoms with Gasteiger partial charge in [0.25, 0.3) is 5.56 Å². The summed E-state index contributed by atoms with van der Waals surface area (Å²) in [5, 5.41) is 0.122. The molecule has 0 atom stereocenters. The zero-order valence-electron chi connectivity index (χ0n) is 10.2. The van der Waals surface area contributed by atoms with Gasteiger partial charge in [-0.15, -0.1) is 0 Å². The van der Waals surface area contributed by atoms with E-state index in [1.54, 1.807) is 18.2 Å². The Hall–Kier alpha value is -1.81. The van der Waals surface area contributed by atoms with Gasteiger partial charge in [0.1, 0.15) is 5.15 Å². The Morgan fingerprint density at radius 3 is 2.67 bits per heavy atom. The minimum atomic E-state index is -0.521. The van der Waals surface area contributed by atoms with Crippen LogP contribution in [0.4, 0.5) is 0 Å². The van der Waals surface area contributed by atoms with E-state index in [-0.39, 0.29) is 10.7 Å². The quantitative estimate of drug-likeness (QED) is 0.844. The highest BCUT2D eigenvalue weighted by molar-refractivity contribution is 6.30. The van der Waals surface area contributed by atoms with Gasteiger partial charge in [-0.3, -0.25) is 9.78 Å². The zero-order valence-corrected chi connectivity index (χ0v) is 10.9. The smallest absolute Gasteiger partial charge is 0.297 e. The number of hydrogen-bond donors (Lipinski definition) is 1. The maximum absolute atomic E-state index is 12.2. The lowest BCUT2D eigenvalue weighted by Crippen LogP contribution is -2.36. The molecule has 0 bridgehead atoms. The average Bonchev–Trinajstić information content (AvgIpc) is 2.28. The average molecular weight is 265 g/mol. The van der Waals surface area contributed by atoms with Crippen molar-refractivity contribution in [2.75, 3.05) is 0 Å². The minimum Gasteiger partial charge on any atom is -0.297 e. The van der Waals surface area contributed by atoms with Crippen LogP contribution in [0, 0.1) is 6.92 Å². The third-order valence-electron chi connectivity index (χ3n) is 2.76. The van der Waals surface area contributed by atoms with Crippen LogP contribution < -0.4 is 11.2 Å². The first-order chi connectivity index (χ1) is 8.54. The van der Waals surface area contributed by atoms with Gasteiger partial charge in [-0.05, 0) is 31.0 Å². The van der Waals surface area contributed by atoms with Crippen LogP contribution >= 0.6 is 11.6 Å². The molecule has 94 valence electrons. The number of nitrogens with one attached hydrogen (secondary N) is 1. The lowest BCUT2D eigenvalue weighted by Gasteiger charge is -2.08. The Kier molecular flexibility index (Phi) is 3.39. The molecule has 0 radical (unpaired) electrons. The van der Waals surface area contributed by atoms with Crippen molar-refractivity contribution in [3.8, 4) is 5.69 Å². The van der Waals surface area contributed by atoms with Crippen LogP contribution in [-0.2, 0) is 6.42 Å².